The molecular formula is C10H16F6O. The van der Waals surface area contributed by atoms with Crippen LogP contribution in [0.4, 0.5) is 26.3 Å². The second-order valence-corrected chi connectivity index (χ2v) is 4.79. The normalized spacial score (nSPS) is 16.4. The lowest BCUT2D eigenvalue weighted by Crippen LogP contribution is -2.57. The van der Waals surface area contributed by atoms with Gasteiger partial charge in [-0.2, -0.15) is 26.3 Å². The molecule has 1 nitrogen and oxygen atoms in total. The highest BCUT2D eigenvalue weighted by Gasteiger charge is 2.70. The van der Waals surface area contributed by atoms with Gasteiger partial charge in [-0.15, -0.1) is 0 Å². The van der Waals surface area contributed by atoms with Crippen molar-refractivity contribution >= 4 is 0 Å². The van der Waals surface area contributed by atoms with Crippen molar-refractivity contribution in [1.29, 1.82) is 0 Å². The Labute approximate surface area is 95.8 Å². The SMILES string of the molecule is CC(C)C[C@@H](C)CC(O)(C(F)(F)F)C(F)(F)F. The van der Waals surface area contributed by atoms with Gasteiger partial charge < -0.3 is 5.11 Å². The Bertz CT molecular complexity index is 228. The molecule has 1 atom stereocenters. The zero-order chi connectivity index (χ0) is 14.1. The van der Waals surface area contributed by atoms with Crippen molar-refractivity contribution in [2.75, 3.05) is 0 Å². The maximum absolute atomic E-state index is 12.3. The van der Waals surface area contributed by atoms with E-state index in [1.165, 1.54) is 6.92 Å². The Hall–Kier alpha value is -0.460. The minimum atomic E-state index is -5.71. The molecule has 0 amide bonds. The fourth-order valence-corrected chi connectivity index (χ4v) is 1.78. The van der Waals surface area contributed by atoms with Crippen molar-refractivity contribution < 1.29 is 31.4 Å². The third kappa shape index (κ3) is 4.04. The lowest BCUT2D eigenvalue weighted by Gasteiger charge is -2.34. The van der Waals surface area contributed by atoms with Crippen LogP contribution in [0.15, 0.2) is 0 Å². The quantitative estimate of drug-likeness (QED) is 0.765. The van der Waals surface area contributed by atoms with Crippen LogP contribution in [-0.4, -0.2) is 23.1 Å². The molecule has 0 saturated carbocycles. The van der Waals surface area contributed by atoms with Gasteiger partial charge in [0.1, 0.15) is 0 Å². The molecule has 7 heteroatoms. The van der Waals surface area contributed by atoms with Crippen molar-refractivity contribution in [3.63, 3.8) is 0 Å². The zero-order valence-electron chi connectivity index (χ0n) is 9.78. The van der Waals surface area contributed by atoms with Gasteiger partial charge in [-0.05, 0) is 24.7 Å². The van der Waals surface area contributed by atoms with E-state index in [4.69, 9.17) is 5.11 Å². The Morgan fingerprint density at radius 2 is 1.24 bits per heavy atom. The van der Waals surface area contributed by atoms with Crippen LogP contribution in [0.5, 0.6) is 0 Å². The number of hydrogen-bond acceptors (Lipinski definition) is 1. The summed E-state index contributed by atoms with van der Waals surface area (Å²) < 4.78 is 74.0. The van der Waals surface area contributed by atoms with E-state index < -0.39 is 30.3 Å². The van der Waals surface area contributed by atoms with Gasteiger partial charge in [-0.25, -0.2) is 0 Å². The van der Waals surface area contributed by atoms with Crippen LogP contribution in [-0.2, 0) is 0 Å². The minimum Gasteiger partial charge on any atom is -0.374 e. The highest BCUT2D eigenvalue weighted by Crippen LogP contribution is 2.47. The molecule has 0 aromatic heterocycles. The number of rotatable bonds is 4. The molecule has 0 rings (SSSR count). The third-order valence-electron chi connectivity index (χ3n) is 2.46. The molecule has 0 heterocycles. The molecule has 0 bridgehead atoms. The summed E-state index contributed by atoms with van der Waals surface area (Å²) in [5.41, 5.74) is -4.62. The van der Waals surface area contributed by atoms with E-state index in [0.29, 0.717) is 0 Å². The molecule has 0 aliphatic heterocycles. The van der Waals surface area contributed by atoms with Gasteiger partial charge in [0.25, 0.3) is 5.60 Å². The lowest BCUT2D eigenvalue weighted by atomic mass is 9.85. The molecule has 0 aliphatic rings. The van der Waals surface area contributed by atoms with Gasteiger partial charge in [-0.3, -0.25) is 0 Å². The number of halogens is 6. The first-order valence-corrected chi connectivity index (χ1v) is 5.17. The van der Waals surface area contributed by atoms with Crippen molar-refractivity contribution in [1.82, 2.24) is 0 Å². The van der Waals surface area contributed by atoms with E-state index in [9.17, 15) is 26.3 Å². The van der Waals surface area contributed by atoms with Crippen molar-refractivity contribution in [3.05, 3.63) is 0 Å². The molecule has 0 aromatic carbocycles. The molecule has 0 unspecified atom stereocenters. The van der Waals surface area contributed by atoms with E-state index in [1.54, 1.807) is 13.8 Å². The van der Waals surface area contributed by atoms with Crippen molar-refractivity contribution in [3.8, 4) is 0 Å². The first kappa shape index (κ1) is 16.5. The summed E-state index contributed by atoms with van der Waals surface area (Å²) in [5, 5.41) is 8.92. The Morgan fingerprint density at radius 3 is 1.47 bits per heavy atom. The third-order valence-corrected chi connectivity index (χ3v) is 2.46. The fraction of sp³-hybridized carbons (Fsp3) is 1.00. The first-order valence-electron chi connectivity index (χ1n) is 5.17. The zero-order valence-corrected chi connectivity index (χ0v) is 9.78. The molecule has 0 aliphatic carbocycles. The maximum Gasteiger partial charge on any atom is 0.426 e. The number of alkyl halides is 6. The van der Waals surface area contributed by atoms with Crippen LogP contribution in [0.25, 0.3) is 0 Å². The van der Waals surface area contributed by atoms with Crippen molar-refractivity contribution in [2.24, 2.45) is 11.8 Å². The van der Waals surface area contributed by atoms with Crippen LogP contribution in [0.3, 0.4) is 0 Å². The second kappa shape index (κ2) is 5.04. The predicted molar refractivity (Wildman–Crippen MR) is 50.3 cm³/mol. The molecule has 1 N–H and O–H groups in total. The highest BCUT2D eigenvalue weighted by atomic mass is 19.4. The molecule has 0 radical (unpaired) electrons. The van der Waals surface area contributed by atoms with Gasteiger partial charge >= 0.3 is 12.4 Å². The molecule has 17 heavy (non-hydrogen) atoms. The Balaban J connectivity index is 4.99. The maximum atomic E-state index is 12.3. The highest BCUT2D eigenvalue weighted by molar-refractivity contribution is 4.94. The summed E-state index contributed by atoms with van der Waals surface area (Å²) in [7, 11) is 0. The molecule has 0 fully saturated rings. The summed E-state index contributed by atoms with van der Waals surface area (Å²) >= 11 is 0. The summed E-state index contributed by atoms with van der Waals surface area (Å²) in [6.07, 6.45) is -12.6. The minimum absolute atomic E-state index is 0.0317. The van der Waals surface area contributed by atoms with E-state index in [2.05, 4.69) is 0 Å². The van der Waals surface area contributed by atoms with Crippen LogP contribution >= 0.6 is 0 Å². The van der Waals surface area contributed by atoms with Gasteiger partial charge in [0, 0.05) is 0 Å². The standard InChI is InChI=1S/C10H16F6O/c1-6(2)4-7(3)5-8(17,9(11,12)13)10(14,15)16/h6-7,17H,4-5H2,1-3H3/t7-/m1/s1. The van der Waals surface area contributed by atoms with Crippen LogP contribution in [0.1, 0.15) is 33.6 Å². The van der Waals surface area contributed by atoms with Crippen molar-refractivity contribution in [2.45, 2.75) is 51.6 Å². The fourth-order valence-electron chi connectivity index (χ4n) is 1.78. The molecule has 0 aromatic rings. The van der Waals surface area contributed by atoms with E-state index in [0.717, 1.165) is 0 Å². The average Bonchev–Trinajstić information content (AvgIpc) is 1.97. The Kier molecular flexibility index (Phi) is 4.90. The van der Waals surface area contributed by atoms with Gasteiger partial charge in [0.15, 0.2) is 0 Å². The Morgan fingerprint density at radius 1 is 0.882 bits per heavy atom. The second-order valence-electron chi connectivity index (χ2n) is 4.79. The summed E-state index contributed by atoms with van der Waals surface area (Å²) in [6, 6.07) is 0. The van der Waals surface area contributed by atoms with Crippen LogP contribution < -0.4 is 0 Å². The van der Waals surface area contributed by atoms with E-state index in [1.807, 2.05) is 0 Å². The van der Waals surface area contributed by atoms with Gasteiger partial charge in [0.05, 0.1) is 0 Å². The van der Waals surface area contributed by atoms with Crippen LogP contribution in [0, 0.1) is 11.8 Å². The average molecular weight is 266 g/mol. The smallest absolute Gasteiger partial charge is 0.374 e. The van der Waals surface area contributed by atoms with E-state index in [-0.39, 0.29) is 12.3 Å². The number of hydrogen-bond donors (Lipinski definition) is 1. The number of aliphatic hydroxyl groups is 1. The van der Waals surface area contributed by atoms with Crippen LogP contribution in [0.2, 0.25) is 0 Å². The molecule has 0 spiro atoms. The molecule has 0 saturated heterocycles. The summed E-state index contributed by atoms with van der Waals surface area (Å²) in [6.45, 7) is 4.65. The molecule has 104 valence electrons. The lowest BCUT2D eigenvalue weighted by molar-refractivity contribution is -0.372. The predicted octanol–water partition coefficient (Wildman–Crippen LogP) is 3.91. The summed E-state index contributed by atoms with van der Waals surface area (Å²) in [5.74, 6) is -0.904. The van der Waals surface area contributed by atoms with E-state index >= 15 is 0 Å². The molecular weight excluding hydrogens is 250 g/mol. The largest absolute Gasteiger partial charge is 0.426 e. The first-order chi connectivity index (χ1) is 7.31. The van der Waals surface area contributed by atoms with Gasteiger partial charge in [0.2, 0.25) is 0 Å². The topological polar surface area (TPSA) is 20.2 Å². The van der Waals surface area contributed by atoms with Gasteiger partial charge in [-0.1, -0.05) is 20.8 Å². The monoisotopic (exact) mass is 266 g/mol. The summed E-state index contributed by atoms with van der Waals surface area (Å²) in [4.78, 5) is 0.